The third kappa shape index (κ3) is 3.37. The molecule has 0 bridgehead atoms. The Labute approximate surface area is 186 Å². The van der Waals surface area contributed by atoms with Crippen molar-refractivity contribution >= 4 is 40.6 Å². The van der Waals surface area contributed by atoms with E-state index in [1.54, 1.807) is 35.0 Å². The first kappa shape index (κ1) is 19.7. The van der Waals surface area contributed by atoms with Gasteiger partial charge in [0, 0.05) is 51.0 Å². The summed E-state index contributed by atoms with van der Waals surface area (Å²) in [6.07, 6.45) is 1.91. The van der Waals surface area contributed by atoms with Crippen molar-refractivity contribution in [2.45, 2.75) is 25.3 Å². The zero-order valence-electron chi connectivity index (χ0n) is 16.0. The van der Waals surface area contributed by atoms with Gasteiger partial charge in [0.2, 0.25) is 5.95 Å². The minimum Gasteiger partial charge on any atom is -0.328 e. The van der Waals surface area contributed by atoms with Crippen molar-refractivity contribution < 1.29 is 9.72 Å². The highest BCUT2D eigenvalue weighted by atomic mass is 35.5. The first-order chi connectivity index (χ1) is 14.9. The van der Waals surface area contributed by atoms with Gasteiger partial charge < -0.3 is 5.32 Å². The SMILES string of the molecule is O=C1CCCC2=C1C(c1ccc(Cl)cc1Cl)n1nc(-c3cccc([N+](=O)[O-])c3)nc1N2. The number of allylic oxidation sites excluding steroid dienone is 2. The van der Waals surface area contributed by atoms with Gasteiger partial charge in [-0.3, -0.25) is 14.9 Å². The van der Waals surface area contributed by atoms with E-state index < -0.39 is 11.0 Å². The van der Waals surface area contributed by atoms with Gasteiger partial charge in [0.05, 0.1) is 4.92 Å². The smallest absolute Gasteiger partial charge is 0.270 e. The fourth-order valence-electron chi connectivity index (χ4n) is 4.05. The quantitative estimate of drug-likeness (QED) is 0.430. The van der Waals surface area contributed by atoms with Gasteiger partial charge in [-0.1, -0.05) is 41.4 Å². The summed E-state index contributed by atoms with van der Waals surface area (Å²) in [4.78, 5) is 28.2. The fourth-order valence-corrected chi connectivity index (χ4v) is 4.56. The predicted molar refractivity (Wildman–Crippen MR) is 116 cm³/mol. The Hall–Kier alpha value is -3.23. The highest BCUT2D eigenvalue weighted by Gasteiger charge is 2.37. The number of non-ortho nitro benzene ring substituents is 1. The summed E-state index contributed by atoms with van der Waals surface area (Å²) in [6, 6.07) is 10.7. The Bertz CT molecular complexity index is 1280. The average Bonchev–Trinajstić information content (AvgIpc) is 3.17. The minimum absolute atomic E-state index is 0.0304. The lowest BCUT2D eigenvalue weighted by Gasteiger charge is -2.32. The molecule has 0 spiro atoms. The van der Waals surface area contributed by atoms with Crippen LogP contribution in [0.1, 0.15) is 30.9 Å². The molecule has 0 fully saturated rings. The van der Waals surface area contributed by atoms with E-state index in [1.165, 1.54) is 12.1 Å². The summed E-state index contributed by atoms with van der Waals surface area (Å²) in [5.41, 5.74) is 2.55. The second-order valence-corrected chi connectivity index (χ2v) is 8.22. The van der Waals surface area contributed by atoms with Gasteiger partial charge in [0.15, 0.2) is 11.6 Å². The predicted octanol–water partition coefficient (Wildman–Crippen LogP) is 5.18. The van der Waals surface area contributed by atoms with Crippen molar-refractivity contribution in [3.63, 3.8) is 0 Å². The number of nitro benzene ring substituents is 1. The normalized spacial score (nSPS) is 17.7. The zero-order valence-corrected chi connectivity index (χ0v) is 17.5. The van der Waals surface area contributed by atoms with E-state index in [4.69, 9.17) is 23.2 Å². The molecule has 5 rings (SSSR count). The molecule has 10 heteroatoms. The van der Waals surface area contributed by atoms with E-state index in [-0.39, 0.29) is 11.5 Å². The molecule has 1 N–H and O–H groups in total. The maximum Gasteiger partial charge on any atom is 0.270 e. The number of carbonyl (C=O) groups is 1. The van der Waals surface area contributed by atoms with E-state index in [2.05, 4.69) is 15.4 Å². The average molecular weight is 456 g/mol. The molecule has 2 aliphatic rings. The van der Waals surface area contributed by atoms with Crippen molar-refractivity contribution in [3.8, 4) is 11.4 Å². The topological polar surface area (TPSA) is 103 Å². The number of carbonyl (C=O) groups excluding carboxylic acids is 1. The Morgan fingerprint density at radius 3 is 2.77 bits per heavy atom. The number of nitro groups is 1. The van der Waals surface area contributed by atoms with Gasteiger partial charge in [-0.05, 0) is 25.0 Å². The number of hydrogen-bond acceptors (Lipinski definition) is 6. The number of rotatable bonds is 3. The number of halogens is 2. The molecule has 1 atom stereocenters. The molecule has 156 valence electrons. The van der Waals surface area contributed by atoms with E-state index in [9.17, 15) is 14.9 Å². The number of ketones is 1. The maximum atomic E-state index is 12.9. The molecule has 1 aromatic heterocycles. The molecule has 3 aromatic rings. The number of fused-ring (bicyclic) bond motifs is 1. The summed E-state index contributed by atoms with van der Waals surface area (Å²) in [7, 11) is 0. The summed E-state index contributed by atoms with van der Waals surface area (Å²) >= 11 is 12.6. The summed E-state index contributed by atoms with van der Waals surface area (Å²) in [5.74, 6) is 0.794. The zero-order chi connectivity index (χ0) is 21.7. The van der Waals surface area contributed by atoms with Crippen LogP contribution in [-0.4, -0.2) is 25.5 Å². The number of benzene rings is 2. The van der Waals surface area contributed by atoms with Crippen LogP contribution in [0.4, 0.5) is 11.6 Å². The summed E-state index contributed by atoms with van der Waals surface area (Å²) < 4.78 is 1.62. The van der Waals surface area contributed by atoms with Crippen molar-refractivity contribution in [1.29, 1.82) is 0 Å². The first-order valence-corrected chi connectivity index (χ1v) is 10.4. The second kappa shape index (κ2) is 7.47. The van der Waals surface area contributed by atoms with E-state index >= 15 is 0 Å². The number of hydrogen-bond donors (Lipinski definition) is 1. The molecular formula is C21H15Cl2N5O3. The Morgan fingerprint density at radius 1 is 1.16 bits per heavy atom. The minimum atomic E-state index is -0.566. The molecule has 0 radical (unpaired) electrons. The van der Waals surface area contributed by atoms with Crippen LogP contribution in [0.2, 0.25) is 10.0 Å². The lowest BCUT2D eigenvalue weighted by atomic mass is 9.85. The molecule has 2 heterocycles. The molecule has 1 aliphatic heterocycles. The van der Waals surface area contributed by atoms with Crippen molar-refractivity contribution in [3.05, 3.63) is 79.5 Å². The maximum absolute atomic E-state index is 12.9. The monoisotopic (exact) mass is 455 g/mol. The van der Waals surface area contributed by atoms with Crippen LogP contribution in [0.15, 0.2) is 53.7 Å². The second-order valence-electron chi connectivity index (χ2n) is 7.37. The van der Waals surface area contributed by atoms with Crippen molar-refractivity contribution in [2.24, 2.45) is 0 Å². The standard InChI is InChI=1S/C21H15Cl2N5O3/c22-12-7-8-14(15(23)10-12)19-18-16(5-2-6-17(18)29)24-21-25-20(26-27(19)21)11-3-1-4-13(9-11)28(30)31/h1,3-4,7-10,19H,2,5-6H2,(H,24,25,26). The van der Waals surface area contributed by atoms with Crippen LogP contribution in [0.3, 0.4) is 0 Å². The number of nitrogens with zero attached hydrogens (tertiary/aromatic N) is 4. The fraction of sp³-hybridized carbons (Fsp3) is 0.190. The lowest BCUT2D eigenvalue weighted by molar-refractivity contribution is -0.384. The van der Waals surface area contributed by atoms with Gasteiger partial charge in [0.1, 0.15) is 6.04 Å². The van der Waals surface area contributed by atoms with Crippen LogP contribution >= 0.6 is 23.2 Å². The molecule has 2 aromatic carbocycles. The molecule has 31 heavy (non-hydrogen) atoms. The van der Waals surface area contributed by atoms with E-state index in [0.29, 0.717) is 51.4 Å². The summed E-state index contributed by atoms with van der Waals surface area (Å²) in [5, 5.41) is 19.9. The Morgan fingerprint density at radius 2 is 2.00 bits per heavy atom. The van der Waals surface area contributed by atoms with E-state index in [1.807, 2.05) is 0 Å². The Balaban J connectivity index is 1.68. The molecule has 1 unspecified atom stereocenters. The highest BCUT2D eigenvalue weighted by Crippen LogP contribution is 2.43. The summed E-state index contributed by atoms with van der Waals surface area (Å²) in [6.45, 7) is 0. The molecule has 1 aliphatic carbocycles. The lowest BCUT2D eigenvalue weighted by Crippen LogP contribution is -2.31. The van der Waals surface area contributed by atoms with Gasteiger partial charge in [-0.2, -0.15) is 4.98 Å². The molecular weight excluding hydrogens is 441 g/mol. The van der Waals surface area contributed by atoms with Crippen LogP contribution in [-0.2, 0) is 4.79 Å². The molecule has 0 amide bonds. The van der Waals surface area contributed by atoms with Crippen molar-refractivity contribution in [2.75, 3.05) is 5.32 Å². The van der Waals surface area contributed by atoms with Crippen LogP contribution < -0.4 is 5.32 Å². The number of nitrogens with one attached hydrogen (secondary N) is 1. The van der Waals surface area contributed by atoms with Gasteiger partial charge >= 0.3 is 0 Å². The third-order valence-corrected chi connectivity index (χ3v) is 6.00. The highest BCUT2D eigenvalue weighted by molar-refractivity contribution is 6.35. The number of anilines is 1. The van der Waals surface area contributed by atoms with Gasteiger partial charge in [0.25, 0.3) is 5.69 Å². The third-order valence-electron chi connectivity index (χ3n) is 5.44. The largest absolute Gasteiger partial charge is 0.328 e. The molecule has 8 nitrogen and oxygen atoms in total. The number of aromatic nitrogens is 3. The van der Waals surface area contributed by atoms with Crippen LogP contribution in [0, 0.1) is 10.1 Å². The number of Topliss-reactive ketones (excluding diaryl/α,β-unsaturated/α-hetero) is 1. The van der Waals surface area contributed by atoms with Gasteiger partial charge in [-0.25, -0.2) is 4.68 Å². The van der Waals surface area contributed by atoms with E-state index in [0.717, 1.165) is 12.1 Å². The van der Waals surface area contributed by atoms with Crippen LogP contribution in [0.25, 0.3) is 11.4 Å². The molecule has 0 saturated carbocycles. The van der Waals surface area contributed by atoms with Crippen molar-refractivity contribution in [1.82, 2.24) is 14.8 Å². The Kier molecular flexibility index (Phi) is 4.75. The first-order valence-electron chi connectivity index (χ1n) is 9.62. The van der Waals surface area contributed by atoms with Gasteiger partial charge in [-0.15, -0.1) is 5.10 Å². The van der Waals surface area contributed by atoms with Crippen LogP contribution in [0.5, 0.6) is 0 Å². The molecule has 0 saturated heterocycles.